The summed E-state index contributed by atoms with van der Waals surface area (Å²) in [6.45, 7) is 13.3. The van der Waals surface area contributed by atoms with Crippen LogP contribution >= 0.6 is 11.8 Å². The molecule has 0 fully saturated rings. The van der Waals surface area contributed by atoms with E-state index in [-0.39, 0.29) is 0 Å². The van der Waals surface area contributed by atoms with Crippen LogP contribution in [0.1, 0.15) is 67.3 Å². The fraction of sp³-hybridized carbons (Fsp3) is 0.406. The van der Waals surface area contributed by atoms with Crippen LogP contribution in [0.5, 0.6) is 5.75 Å². The molecule has 36 heavy (non-hydrogen) atoms. The van der Waals surface area contributed by atoms with Crippen molar-refractivity contribution in [3.05, 3.63) is 94.5 Å². The molecule has 0 radical (unpaired) electrons. The van der Waals surface area contributed by atoms with Crippen molar-refractivity contribution in [1.82, 2.24) is 4.90 Å². The summed E-state index contributed by atoms with van der Waals surface area (Å²) in [7, 11) is 0. The van der Waals surface area contributed by atoms with Crippen LogP contribution in [0.4, 0.5) is 0 Å². The number of phenols is 1. The number of aromatic hydroxyl groups is 1. The average Bonchev–Trinajstić information content (AvgIpc) is 2.85. The van der Waals surface area contributed by atoms with Crippen LogP contribution in [-0.2, 0) is 13.1 Å². The zero-order chi connectivity index (χ0) is 25.9. The molecule has 1 unspecified atom stereocenters. The summed E-state index contributed by atoms with van der Waals surface area (Å²) in [5, 5.41) is 11.2. The lowest BCUT2D eigenvalue weighted by Gasteiger charge is -2.30. The minimum atomic E-state index is 0.311. The maximum absolute atomic E-state index is 10.1. The van der Waals surface area contributed by atoms with Crippen LogP contribution in [0.25, 0.3) is 0 Å². The van der Waals surface area contributed by atoms with E-state index < -0.39 is 0 Å². The van der Waals surface area contributed by atoms with E-state index in [9.17, 15) is 5.11 Å². The van der Waals surface area contributed by atoms with Gasteiger partial charge in [-0.05, 0) is 68.0 Å². The molecule has 0 aliphatic carbocycles. The van der Waals surface area contributed by atoms with E-state index in [4.69, 9.17) is 4.99 Å². The van der Waals surface area contributed by atoms with E-state index in [1.807, 2.05) is 12.1 Å². The van der Waals surface area contributed by atoms with E-state index in [0.717, 1.165) is 30.2 Å². The molecule has 192 valence electrons. The highest BCUT2D eigenvalue weighted by Crippen LogP contribution is 2.29. The zero-order valence-corrected chi connectivity index (χ0v) is 23.4. The van der Waals surface area contributed by atoms with Crippen LogP contribution in [-0.4, -0.2) is 21.7 Å². The number of unbranched alkanes of at least 4 members (excludes halogenated alkanes) is 1. The third-order valence-electron chi connectivity index (χ3n) is 6.59. The van der Waals surface area contributed by atoms with E-state index in [2.05, 4.69) is 88.0 Å². The largest absolute Gasteiger partial charge is 0.508 e. The van der Waals surface area contributed by atoms with Crippen molar-refractivity contribution in [3.63, 3.8) is 0 Å². The Kier molecular flexibility index (Phi) is 10.9. The van der Waals surface area contributed by atoms with Crippen LogP contribution in [0.2, 0.25) is 0 Å². The van der Waals surface area contributed by atoms with Gasteiger partial charge in [-0.2, -0.15) is 0 Å². The smallest absolute Gasteiger partial charge is 0.164 e. The van der Waals surface area contributed by atoms with Gasteiger partial charge in [-0.3, -0.25) is 4.99 Å². The summed E-state index contributed by atoms with van der Waals surface area (Å²) in [5.74, 6) is 0.914. The first-order valence-electron chi connectivity index (χ1n) is 13.3. The molecule has 0 amide bonds. The number of rotatable bonds is 11. The van der Waals surface area contributed by atoms with Crippen molar-refractivity contribution in [2.24, 2.45) is 10.9 Å². The number of hydrogen-bond acceptors (Lipinski definition) is 3. The molecule has 0 aliphatic rings. The third-order valence-corrected chi connectivity index (χ3v) is 7.84. The summed E-state index contributed by atoms with van der Waals surface area (Å²) in [6, 6.07) is 22.9. The van der Waals surface area contributed by atoms with Gasteiger partial charge in [0.05, 0.1) is 6.54 Å². The molecule has 3 rings (SSSR count). The highest BCUT2D eigenvalue weighted by atomic mass is 32.2. The van der Waals surface area contributed by atoms with Gasteiger partial charge < -0.3 is 10.0 Å². The molecular weight excluding hydrogens is 460 g/mol. The molecule has 1 N–H and O–H groups in total. The fourth-order valence-corrected chi connectivity index (χ4v) is 5.44. The Hall–Kier alpha value is -2.72. The first kappa shape index (κ1) is 27.9. The van der Waals surface area contributed by atoms with Gasteiger partial charge in [0, 0.05) is 18.0 Å². The van der Waals surface area contributed by atoms with Crippen LogP contribution in [0.3, 0.4) is 0 Å². The molecule has 0 heterocycles. The third kappa shape index (κ3) is 8.74. The minimum absolute atomic E-state index is 0.311. The Labute approximate surface area is 222 Å². The molecule has 0 aliphatic heterocycles. The first-order valence-corrected chi connectivity index (χ1v) is 14.1. The van der Waals surface area contributed by atoms with Gasteiger partial charge in [-0.1, -0.05) is 105 Å². The normalized spacial score (nSPS) is 12.5. The monoisotopic (exact) mass is 502 g/mol. The Balaban J connectivity index is 1.99. The summed E-state index contributed by atoms with van der Waals surface area (Å²) in [6.07, 6.45) is 4.84. The Morgan fingerprint density at radius 1 is 0.917 bits per heavy atom. The molecule has 0 saturated heterocycles. The maximum atomic E-state index is 10.1. The van der Waals surface area contributed by atoms with Crippen molar-refractivity contribution in [1.29, 1.82) is 0 Å². The lowest BCUT2D eigenvalue weighted by Crippen LogP contribution is -2.33. The SMILES string of the molecule is CCCCC(CC)CN(Cc1cccc(O)c1)C(=NCc1cccc(C)c1)Sc1ccc(C)cc1C. The van der Waals surface area contributed by atoms with Crippen molar-refractivity contribution >= 4 is 16.9 Å². The van der Waals surface area contributed by atoms with E-state index >= 15 is 0 Å². The Morgan fingerprint density at radius 2 is 1.67 bits per heavy atom. The van der Waals surface area contributed by atoms with Crippen molar-refractivity contribution in [2.45, 2.75) is 78.3 Å². The topological polar surface area (TPSA) is 35.8 Å². The number of aliphatic imine (C=N–C) groups is 1. The van der Waals surface area contributed by atoms with E-state index in [1.165, 1.54) is 46.4 Å². The quantitative estimate of drug-likeness (QED) is 0.162. The molecule has 0 spiro atoms. The van der Waals surface area contributed by atoms with Crippen molar-refractivity contribution in [2.75, 3.05) is 6.54 Å². The summed E-state index contributed by atoms with van der Waals surface area (Å²) in [5.41, 5.74) is 6.14. The predicted molar refractivity (Wildman–Crippen MR) is 156 cm³/mol. The molecule has 3 aromatic rings. The number of hydrogen-bond donors (Lipinski definition) is 1. The zero-order valence-electron chi connectivity index (χ0n) is 22.6. The molecular formula is C32H42N2OS. The molecule has 0 bridgehead atoms. The maximum Gasteiger partial charge on any atom is 0.164 e. The summed E-state index contributed by atoms with van der Waals surface area (Å²) < 4.78 is 0. The number of amidine groups is 1. The van der Waals surface area contributed by atoms with Gasteiger partial charge in [0.2, 0.25) is 0 Å². The van der Waals surface area contributed by atoms with Crippen molar-refractivity contribution < 1.29 is 5.11 Å². The first-order chi connectivity index (χ1) is 17.4. The molecule has 1 atom stereocenters. The predicted octanol–water partition coefficient (Wildman–Crippen LogP) is 8.68. The van der Waals surface area contributed by atoms with Gasteiger partial charge in [0.25, 0.3) is 0 Å². The highest BCUT2D eigenvalue weighted by Gasteiger charge is 2.19. The van der Waals surface area contributed by atoms with Crippen molar-refractivity contribution in [3.8, 4) is 5.75 Å². The number of thioether (sulfide) groups is 1. The van der Waals surface area contributed by atoms with Crippen LogP contribution in [0, 0.1) is 26.7 Å². The highest BCUT2D eigenvalue weighted by molar-refractivity contribution is 8.13. The number of benzene rings is 3. The van der Waals surface area contributed by atoms with E-state index in [1.54, 1.807) is 17.8 Å². The van der Waals surface area contributed by atoms with Gasteiger partial charge in [-0.15, -0.1) is 0 Å². The molecule has 4 heteroatoms. The summed E-state index contributed by atoms with van der Waals surface area (Å²) >= 11 is 1.77. The number of aryl methyl sites for hydroxylation is 3. The second-order valence-electron chi connectivity index (χ2n) is 9.93. The van der Waals surface area contributed by atoms with Crippen LogP contribution < -0.4 is 0 Å². The Morgan fingerprint density at radius 3 is 2.36 bits per heavy atom. The molecule has 3 aromatic carbocycles. The average molecular weight is 503 g/mol. The molecule has 3 nitrogen and oxygen atoms in total. The fourth-order valence-electron chi connectivity index (χ4n) is 4.49. The number of phenolic OH excluding ortho intramolecular Hbond substituents is 1. The lowest BCUT2D eigenvalue weighted by molar-refractivity contribution is 0.310. The van der Waals surface area contributed by atoms with Gasteiger partial charge in [0.15, 0.2) is 5.17 Å². The van der Waals surface area contributed by atoms with E-state index in [0.29, 0.717) is 18.2 Å². The van der Waals surface area contributed by atoms with Gasteiger partial charge >= 0.3 is 0 Å². The molecule has 0 aromatic heterocycles. The number of nitrogens with zero attached hydrogens (tertiary/aromatic N) is 2. The lowest BCUT2D eigenvalue weighted by atomic mass is 9.98. The second kappa shape index (κ2) is 14.1. The summed E-state index contributed by atoms with van der Waals surface area (Å²) in [4.78, 5) is 8.91. The Bertz CT molecular complexity index is 1140. The van der Waals surface area contributed by atoms with Gasteiger partial charge in [-0.25, -0.2) is 0 Å². The standard InChI is InChI=1S/C32H42N2OS/c1-6-8-12-27(7-2)22-34(23-29-14-10-15-30(35)20-29)32(33-21-28-13-9-11-24(3)19-28)36-31-17-16-25(4)18-26(31)5/h9-11,13-20,27,35H,6-8,12,21-23H2,1-5H3. The van der Waals surface area contributed by atoms with Crippen LogP contribution in [0.15, 0.2) is 76.6 Å². The second-order valence-corrected chi connectivity index (χ2v) is 10.9. The molecule has 0 saturated carbocycles. The minimum Gasteiger partial charge on any atom is -0.508 e. The van der Waals surface area contributed by atoms with Gasteiger partial charge in [0.1, 0.15) is 5.75 Å².